The number of hydrogen-bond donors (Lipinski definition) is 1. The minimum Gasteiger partial charge on any atom is -0.303 e. The summed E-state index contributed by atoms with van der Waals surface area (Å²) in [6.07, 6.45) is 1.14. The second-order valence-electron chi connectivity index (χ2n) is 4.41. The number of aldehydes is 1. The van der Waals surface area contributed by atoms with Crippen LogP contribution < -0.4 is 4.72 Å². The van der Waals surface area contributed by atoms with Crippen molar-refractivity contribution in [2.45, 2.75) is 12.2 Å². The third kappa shape index (κ3) is 4.20. The van der Waals surface area contributed by atoms with Crippen molar-refractivity contribution in [3.8, 4) is 0 Å². The van der Waals surface area contributed by atoms with Crippen LogP contribution in [0.3, 0.4) is 0 Å². The van der Waals surface area contributed by atoms with E-state index in [1.165, 1.54) is 0 Å². The van der Waals surface area contributed by atoms with Gasteiger partial charge in [0.25, 0.3) is 0 Å². The largest absolute Gasteiger partial charge is 0.303 e. The van der Waals surface area contributed by atoms with Gasteiger partial charge in [-0.05, 0) is 23.3 Å². The molecule has 5 heteroatoms. The number of anilines is 1. The van der Waals surface area contributed by atoms with E-state index in [2.05, 4.69) is 4.72 Å². The first-order valence-corrected chi connectivity index (χ1v) is 7.81. The summed E-state index contributed by atoms with van der Waals surface area (Å²) in [6, 6.07) is 15.8. The molecule has 0 fully saturated rings. The molecule has 2 aromatic rings. The summed E-state index contributed by atoms with van der Waals surface area (Å²) in [6.45, 7) is 0. The van der Waals surface area contributed by atoms with E-state index in [1.807, 2.05) is 6.07 Å². The fourth-order valence-electron chi connectivity index (χ4n) is 1.81. The molecule has 0 amide bonds. The normalized spacial score (nSPS) is 11.0. The van der Waals surface area contributed by atoms with Crippen LogP contribution in [0.2, 0.25) is 0 Å². The average molecular weight is 289 g/mol. The Morgan fingerprint density at radius 1 is 0.900 bits per heavy atom. The van der Waals surface area contributed by atoms with Crippen LogP contribution in [0, 0.1) is 0 Å². The highest BCUT2D eigenvalue weighted by molar-refractivity contribution is 7.91. The lowest BCUT2D eigenvalue weighted by atomic mass is 10.1. The molecule has 0 heterocycles. The van der Waals surface area contributed by atoms with Crippen molar-refractivity contribution < 1.29 is 13.2 Å². The quantitative estimate of drug-likeness (QED) is 0.830. The van der Waals surface area contributed by atoms with Gasteiger partial charge in [-0.2, -0.15) is 0 Å². The molecule has 2 aromatic carbocycles. The lowest BCUT2D eigenvalue weighted by Crippen LogP contribution is -2.15. The molecule has 0 aliphatic rings. The molecule has 20 heavy (non-hydrogen) atoms. The smallest absolute Gasteiger partial charge is 0.236 e. The van der Waals surface area contributed by atoms with Crippen molar-refractivity contribution in [1.82, 2.24) is 0 Å². The van der Waals surface area contributed by atoms with Crippen molar-refractivity contribution >= 4 is 22.0 Å². The second kappa shape index (κ2) is 6.34. The van der Waals surface area contributed by atoms with Crippen LogP contribution >= 0.6 is 0 Å². The first-order valence-electron chi connectivity index (χ1n) is 6.16. The van der Waals surface area contributed by atoms with Crippen LogP contribution in [0.1, 0.15) is 11.1 Å². The molecule has 1 N–H and O–H groups in total. The lowest BCUT2D eigenvalue weighted by Gasteiger charge is -2.08. The molecule has 0 spiro atoms. The zero-order valence-corrected chi connectivity index (χ0v) is 11.6. The van der Waals surface area contributed by atoms with E-state index < -0.39 is 10.0 Å². The minimum atomic E-state index is -3.43. The van der Waals surface area contributed by atoms with Gasteiger partial charge in [0.05, 0.1) is 5.75 Å². The number of benzene rings is 2. The van der Waals surface area contributed by atoms with E-state index in [1.54, 1.807) is 48.5 Å². The molecular formula is C15H15NO3S. The maximum atomic E-state index is 12.0. The zero-order valence-electron chi connectivity index (χ0n) is 10.8. The molecule has 0 saturated heterocycles. The molecule has 104 valence electrons. The molecule has 0 bridgehead atoms. The summed E-state index contributed by atoms with van der Waals surface area (Å²) in [4.78, 5) is 10.4. The third-order valence-electron chi connectivity index (χ3n) is 2.75. The summed E-state index contributed by atoms with van der Waals surface area (Å²) in [5.74, 6) is -0.0655. The Balaban J connectivity index is 2.06. The Bertz CT molecular complexity index is 664. The minimum absolute atomic E-state index is 0.0655. The van der Waals surface area contributed by atoms with E-state index in [4.69, 9.17) is 0 Å². The molecule has 0 atom stereocenters. The predicted molar refractivity (Wildman–Crippen MR) is 78.9 cm³/mol. The maximum absolute atomic E-state index is 12.0. The standard InChI is InChI=1S/C15H15NO3S/c17-11-10-13-6-8-15(9-7-13)16-20(18,19)12-14-4-2-1-3-5-14/h1-9,11,16H,10,12H2. The second-order valence-corrected chi connectivity index (χ2v) is 6.14. The van der Waals surface area contributed by atoms with Gasteiger partial charge in [0, 0.05) is 12.1 Å². The van der Waals surface area contributed by atoms with Gasteiger partial charge in [-0.1, -0.05) is 42.5 Å². The Morgan fingerprint density at radius 2 is 1.55 bits per heavy atom. The fraction of sp³-hybridized carbons (Fsp3) is 0.133. The van der Waals surface area contributed by atoms with Gasteiger partial charge < -0.3 is 4.79 Å². The van der Waals surface area contributed by atoms with Crippen molar-refractivity contribution in [2.24, 2.45) is 0 Å². The van der Waals surface area contributed by atoms with Crippen molar-refractivity contribution in [2.75, 3.05) is 4.72 Å². The summed E-state index contributed by atoms with van der Waals surface area (Å²) < 4.78 is 26.5. The van der Waals surface area contributed by atoms with Crippen LogP contribution in [0.25, 0.3) is 0 Å². The van der Waals surface area contributed by atoms with Gasteiger partial charge >= 0.3 is 0 Å². The van der Waals surface area contributed by atoms with Gasteiger partial charge in [0.2, 0.25) is 10.0 Å². The van der Waals surface area contributed by atoms with Gasteiger partial charge in [0.15, 0.2) is 0 Å². The first-order chi connectivity index (χ1) is 9.59. The number of carbonyl (C=O) groups is 1. The van der Waals surface area contributed by atoms with Gasteiger partial charge in [-0.15, -0.1) is 0 Å². The van der Waals surface area contributed by atoms with Gasteiger partial charge in [0.1, 0.15) is 6.29 Å². The van der Waals surface area contributed by atoms with E-state index >= 15 is 0 Å². The molecule has 0 aliphatic heterocycles. The highest BCUT2D eigenvalue weighted by Gasteiger charge is 2.11. The van der Waals surface area contributed by atoms with Crippen LogP contribution in [0.5, 0.6) is 0 Å². The molecule has 0 aliphatic carbocycles. The number of carbonyl (C=O) groups excluding carboxylic acids is 1. The number of rotatable bonds is 6. The number of hydrogen-bond acceptors (Lipinski definition) is 3. The van der Waals surface area contributed by atoms with E-state index in [0.717, 1.165) is 17.4 Å². The summed E-state index contributed by atoms with van der Waals surface area (Å²) in [5.41, 5.74) is 2.08. The Labute approximate surface area is 118 Å². The molecule has 4 nitrogen and oxygen atoms in total. The monoisotopic (exact) mass is 289 g/mol. The third-order valence-corrected chi connectivity index (χ3v) is 4.01. The summed E-state index contributed by atoms with van der Waals surface area (Å²) in [7, 11) is -3.43. The van der Waals surface area contributed by atoms with Crippen LogP contribution in [-0.4, -0.2) is 14.7 Å². The molecular weight excluding hydrogens is 274 g/mol. The Kier molecular flexibility index (Phi) is 4.53. The molecule has 2 rings (SSSR count). The molecule has 0 aromatic heterocycles. The molecule has 0 saturated carbocycles. The average Bonchev–Trinajstić information content (AvgIpc) is 2.41. The Morgan fingerprint density at radius 3 is 2.15 bits per heavy atom. The molecule has 0 radical (unpaired) electrons. The lowest BCUT2D eigenvalue weighted by molar-refractivity contribution is -0.107. The van der Waals surface area contributed by atoms with Crippen molar-refractivity contribution in [1.29, 1.82) is 0 Å². The van der Waals surface area contributed by atoms with E-state index in [-0.39, 0.29) is 5.75 Å². The molecule has 0 unspecified atom stereocenters. The van der Waals surface area contributed by atoms with Crippen molar-refractivity contribution in [3.05, 3.63) is 65.7 Å². The van der Waals surface area contributed by atoms with Gasteiger partial charge in [-0.25, -0.2) is 8.42 Å². The number of nitrogens with one attached hydrogen (secondary N) is 1. The summed E-state index contributed by atoms with van der Waals surface area (Å²) >= 11 is 0. The first kappa shape index (κ1) is 14.3. The maximum Gasteiger partial charge on any atom is 0.236 e. The van der Waals surface area contributed by atoms with Crippen molar-refractivity contribution in [3.63, 3.8) is 0 Å². The summed E-state index contributed by atoms with van der Waals surface area (Å²) in [5, 5.41) is 0. The topological polar surface area (TPSA) is 63.2 Å². The highest BCUT2D eigenvalue weighted by atomic mass is 32.2. The van der Waals surface area contributed by atoms with E-state index in [9.17, 15) is 13.2 Å². The zero-order chi connectivity index (χ0) is 14.4. The number of sulfonamides is 1. The fourth-order valence-corrected chi connectivity index (χ4v) is 3.01. The predicted octanol–water partition coefficient (Wildman–Crippen LogP) is 2.37. The van der Waals surface area contributed by atoms with Crippen LogP contribution in [0.4, 0.5) is 5.69 Å². The highest BCUT2D eigenvalue weighted by Crippen LogP contribution is 2.14. The van der Waals surface area contributed by atoms with E-state index in [0.29, 0.717) is 12.1 Å². The van der Waals surface area contributed by atoms with Crippen LogP contribution in [-0.2, 0) is 27.0 Å². The SMILES string of the molecule is O=CCc1ccc(NS(=O)(=O)Cc2ccccc2)cc1. The van der Waals surface area contributed by atoms with Gasteiger partial charge in [-0.3, -0.25) is 4.72 Å². The van der Waals surface area contributed by atoms with Crippen LogP contribution in [0.15, 0.2) is 54.6 Å². The Hall–Kier alpha value is -2.14.